The normalized spacial score (nSPS) is 15.0. The van der Waals surface area contributed by atoms with Crippen molar-refractivity contribution < 1.29 is 0 Å². The molecule has 0 radical (unpaired) electrons. The Bertz CT molecular complexity index is 590. The maximum atomic E-state index is 4.05. The number of hydrogen-bond donors (Lipinski definition) is 2. The van der Waals surface area contributed by atoms with Crippen LogP contribution in [0.2, 0.25) is 0 Å². The number of benzene rings is 1. The van der Waals surface area contributed by atoms with E-state index in [1.165, 1.54) is 11.1 Å². The minimum Gasteiger partial charge on any atom is -0.369 e. The summed E-state index contributed by atoms with van der Waals surface area (Å²) in [4.78, 5) is 2.38. The first-order valence-electron chi connectivity index (χ1n) is 7.40. The van der Waals surface area contributed by atoms with E-state index in [2.05, 4.69) is 69.1 Å². The number of fused-ring (bicyclic) bond motifs is 1. The molecule has 5 heteroatoms. The molecule has 2 aromatic rings. The van der Waals surface area contributed by atoms with Crippen molar-refractivity contribution in [2.45, 2.75) is 25.9 Å². The highest BCUT2D eigenvalue weighted by Gasteiger charge is 2.14. The summed E-state index contributed by atoms with van der Waals surface area (Å²) in [6.45, 7) is 5.12. The van der Waals surface area contributed by atoms with Gasteiger partial charge >= 0.3 is 0 Å². The van der Waals surface area contributed by atoms with Gasteiger partial charge in [-0.1, -0.05) is 24.3 Å². The second-order valence-corrected chi connectivity index (χ2v) is 5.45. The molecule has 110 valence electrons. The van der Waals surface area contributed by atoms with Crippen molar-refractivity contribution in [2.75, 3.05) is 13.1 Å². The second-order valence-electron chi connectivity index (χ2n) is 5.45. The molecule has 0 aliphatic carbocycles. The molecule has 21 heavy (non-hydrogen) atoms. The highest BCUT2D eigenvalue weighted by Crippen LogP contribution is 2.20. The molecule has 0 spiro atoms. The van der Waals surface area contributed by atoms with Crippen molar-refractivity contribution in [3.05, 3.63) is 53.5 Å². The zero-order chi connectivity index (χ0) is 14.5. The second kappa shape index (κ2) is 6.54. The van der Waals surface area contributed by atoms with E-state index in [0.717, 1.165) is 31.7 Å². The quantitative estimate of drug-likeness (QED) is 0.794. The minimum absolute atomic E-state index is 0.465. The summed E-state index contributed by atoms with van der Waals surface area (Å²) in [5.74, 6) is 0. The van der Waals surface area contributed by atoms with E-state index in [9.17, 15) is 0 Å². The van der Waals surface area contributed by atoms with Gasteiger partial charge in [-0.3, -0.25) is 0 Å². The summed E-state index contributed by atoms with van der Waals surface area (Å²) in [6.07, 6.45) is 7.08. The minimum atomic E-state index is 0.465. The van der Waals surface area contributed by atoms with Crippen molar-refractivity contribution >= 4 is 6.08 Å². The molecule has 2 heterocycles. The van der Waals surface area contributed by atoms with Gasteiger partial charge in [0.25, 0.3) is 0 Å². The van der Waals surface area contributed by atoms with Crippen LogP contribution in [0.1, 0.15) is 23.7 Å². The lowest BCUT2D eigenvalue weighted by molar-refractivity contribution is 0.275. The van der Waals surface area contributed by atoms with Gasteiger partial charge in [0.2, 0.25) is 0 Å². The molecule has 0 bridgehead atoms. The summed E-state index contributed by atoms with van der Waals surface area (Å²) in [7, 11) is 0. The zero-order valence-corrected chi connectivity index (χ0v) is 12.3. The van der Waals surface area contributed by atoms with Gasteiger partial charge in [0.1, 0.15) is 0 Å². The maximum absolute atomic E-state index is 4.05. The van der Waals surface area contributed by atoms with Crippen LogP contribution in [0.5, 0.6) is 0 Å². The number of aromatic nitrogens is 3. The van der Waals surface area contributed by atoms with Gasteiger partial charge in [0, 0.05) is 38.3 Å². The lowest BCUT2D eigenvalue weighted by Gasteiger charge is -2.31. The fraction of sp³-hybridized carbons (Fsp3) is 0.375. The van der Waals surface area contributed by atoms with Crippen molar-refractivity contribution in [1.82, 2.24) is 25.6 Å². The summed E-state index contributed by atoms with van der Waals surface area (Å²) in [6, 6.07) is 9.04. The Morgan fingerprint density at radius 3 is 3.14 bits per heavy atom. The molecule has 1 aromatic carbocycles. The van der Waals surface area contributed by atoms with Gasteiger partial charge in [-0.25, -0.2) is 0 Å². The Kier molecular flexibility index (Phi) is 4.31. The highest BCUT2D eigenvalue weighted by molar-refractivity contribution is 5.55. The molecule has 2 N–H and O–H groups in total. The van der Waals surface area contributed by atoms with Gasteiger partial charge in [-0.05, 0) is 24.1 Å². The van der Waals surface area contributed by atoms with Gasteiger partial charge in [0.15, 0.2) is 0 Å². The average Bonchev–Trinajstić information content (AvgIpc) is 3.04. The molecule has 0 saturated carbocycles. The molecule has 0 amide bonds. The Morgan fingerprint density at radius 2 is 2.29 bits per heavy atom. The SMILES string of the molecule is C[C@H](CNCCc1cn[nH]n1)N1C=Cc2ccccc2C1. The van der Waals surface area contributed by atoms with Crippen LogP contribution in [0.15, 0.2) is 36.7 Å². The van der Waals surface area contributed by atoms with E-state index in [-0.39, 0.29) is 0 Å². The molecule has 1 aromatic heterocycles. The number of rotatable bonds is 6. The van der Waals surface area contributed by atoms with Gasteiger partial charge < -0.3 is 10.2 Å². The van der Waals surface area contributed by atoms with E-state index in [0.29, 0.717) is 6.04 Å². The van der Waals surface area contributed by atoms with Crippen LogP contribution >= 0.6 is 0 Å². The maximum Gasteiger partial charge on any atom is 0.0837 e. The standard InChI is InChI=1S/C16H21N5/c1-13(10-17-8-6-16-11-18-20-19-16)21-9-7-14-4-2-3-5-15(14)12-21/h2-5,7,9,11,13,17H,6,8,10,12H2,1H3,(H,18,19,20)/t13-/m1/s1. The first kappa shape index (κ1) is 13.8. The third-order valence-electron chi connectivity index (χ3n) is 3.88. The number of nitrogens with zero attached hydrogens (tertiary/aromatic N) is 3. The first-order chi connectivity index (χ1) is 10.3. The Morgan fingerprint density at radius 1 is 1.38 bits per heavy atom. The summed E-state index contributed by atoms with van der Waals surface area (Å²) in [5, 5.41) is 14.0. The predicted octanol–water partition coefficient (Wildman–Crippen LogP) is 1.81. The molecule has 1 aliphatic heterocycles. The molecular formula is C16H21N5. The van der Waals surface area contributed by atoms with E-state index in [4.69, 9.17) is 0 Å². The molecule has 1 aliphatic rings. The highest BCUT2D eigenvalue weighted by atomic mass is 15.3. The molecule has 5 nitrogen and oxygen atoms in total. The molecule has 3 rings (SSSR count). The Hall–Kier alpha value is -2.14. The van der Waals surface area contributed by atoms with Gasteiger partial charge in [-0.15, -0.1) is 0 Å². The molecule has 0 unspecified atom stereocenters. The lowest BCUT2D eigenvalue weighted by atomic mass is 10.0. The monoisotopic (exact) mass is 283 g/mol. The lowest BCUT2D eigenvalue weighted by Crippen LogP contribution is -2.38. The van der Waals surface area contributed by atoms with Crippen LogP contribution in [0, 0.1) is 0 Å². The van der Waals surface area contributed by atoms with E-state index in [1.807, 2.05) is 0 Å². The van der Waals surface area contributed by atoms with E-state index in [1.54, 1.807) is 6.20 Å². The van der Waals surface area contributed by atoms with Crippen molar-refractivity contribution in [2.24, 2.45) is 0 Å². The van der Waals surface area contributed by atoms with Crippen LogP contribution in [0.25, 0.3) is 6.08 Å². The van der Waals surface area contributed by atoms with Crippen LogP contribution < -0.4 is 5.32 Å². The van der Waals surface area contributed by atoms with Crippen LogP contribution in [0.4, 0.5) is 0 Å². The number of aromatic amines is 1. The molecule has 0 fully saturated rings. The van der Waals surface area contributed by atoms with Crippen molar-refractivity contribution in [1.29, 1.82) is 0 Å². The third-order valence-corrected chi connectivity index (χ3v) is 3.88. The largest absolute Gasteiger partial charge is 0.369 e. The van der Waals surface area contributed by atoms with E-state index < -0.39 is 0 Å². The van der Waals surface area contributed by atoms with Crippen molar-refractivity contribution in [3.63, 3.8) is 0 Å². The fourth-order valence-electron chi connectivity index (χ4n) is 2.56. The predicted molar refractivity (Wildman–Crippen MR) is 83.4 cm³/mol. The molecular weight excluding hydrogens is 262 g/mol. The summed E-state index contributed by atoms with van der Waals surface area (Å²) < 4.78 is 0. The van der Waals surface area contributed by atoms with E-state index >= 15 is 0 Å². The fourth-order valence-corrected chi connectivity index (χ4v) is 2.56. The Balaban J connectivity index is 1.45. The molecule has 1 atom stereocenters. The molecule has 0 saturated heterocycles. The Labute approximate surface area is 125 Å². The average molecular weight is 283 g/mol. The van der Waals surface area contributed by atoms with Crippen LogP contribution in [-0.4, -0.2) is 39.4 Å². The topological polar surface area (TPSA) is 56.8 Å². The third kappa shape index (κ3) is 3.49. The van der Waals surface area contributed by atoms with Gasteiger partial charge in [0.05, 0.1) is 11.9 Å². The number of hydrogen-bond acceptors (Lipinski definition) is 4. The smallest absolute Gasteiger partial charge is 0.0837 e. The van der Waals surface area contributed by atoms with Crippen molar-refractivity contribution in [3.8, 4) is 0 Å². The summed E-state index contributed by atoms with van der Waals surface area (Å²) in [5.41, 5.74) is 3.73. The summed E-state index contributed by atoms with van der Waals surface area (Å²) >= 11 is 0. The number of nitrogens with one attached hydrogen (secondary N) is 2. The first-order valence-corrected chi connectivity index (χ1v) is 7.40. The number of H-pyrrole nitrogens is 1. The van der Waals surface area contributed by atoms with Crippen LogP contribution in [0.3, 0.4) is 0 Å². The zero-order valence-electron chi connectivity index (χ0n) is 12.3. The van der Waals surface area contributed by atoms with Crippen LogP contribution in [-0.2, 0) is 13.0 Å². The van der Waals surface area contributed by atoms with Gasteiger partial charge in [-0.2, -0.15) is 15.4 Å².